The summed E-state index contributed by atoms with van der Waals surface area (Å²) in [5.74, 6) is 1.43. The number of methoxy groups -OCH3 is 2. The molecule has 1 aliphatic rings. The number of benzene rings is 1. The number of hydrogen-bond donors (Lipinski definition) is 1. The van der Waals surface area contributed by atoms with Crippen LogP contribution in [0.15, 0.2) is 24.5 Å². The molecule has 0 bridgehead atoms. The van der Waals surface area contributed by atoms with Crippen LogP contribution in [0.2, 0.25) is 0 Å². The molecule has 8 nitrogen and oxygen atoms in total. The summed E-state index contributed by atoms with van der Waals surface area (Å²) in [5, 5.41) is 15.0. The second kappa shape index (κ2) is 7.57. The van der Waals surface area contributed by atoms with Crippen molar-refractivity contribution in [2.45, 2.75) is 32.1 Å². The number of aromatic hydroxyl groups is 1. The van der Waals surface area contributed by atoms with E-state index in [1.807, 2.05) is 18.2 Å². The van der Waals surface area contributed by atoms with Crippen molar-refractivity contribution < 1.29 is 19.3 Å². The highest BCUT2D eigenvalue weighted by Gasteiger charge is 2.34. The van der Waals surface area contributed by atoms with Gasteiger partial charge >= 0.3 is 0 Å². The molecule has 0 saturated carbocycles. The average molecular weight is 404 g/mol. The van der Waals surface area contributed by atoms with Gasteiger partial charge in [-0.05, 0) is 31.5 Å². The van der Waals surface area contributed by atoms with Gasteiger partial charge in [0.25, 0.3) is 0 Å². The second-order valence-corrected chi connectivity index (χ2v) is 7.98. The molecule has 150 valence electrons. The van der Waals surface area contributed by atoms with E-state index in [0.717, 1.165) is 23.5 Å². The number of thiazole rings is 1. The van der Waals surface area contributed by atoms with Gasteiger partial charge in [0.1, 0.15) is 6.33 Å². The molecular weight excluding hydrogens is 380 g/mol. The van der Waals surface area contributed by atoms with Crippen molar-refractivity contribution >= 4 is 16.3 Å². The Labute approximate surface area is 167 Å². The molecule has 1 saturated heterocycles. The summed E-state index contributed by atoms with van der Waals surface area (Å²) in [6.07, 6.45) is 1.63. The summed E-state index contributed by atoms with van der Waals surface area (Å²) in [6.45, 7) is 5.63. The zero-order valence-electron chi connectivity index (χ0n) is 16.3. The van der Waals surface area contributed by atoms with Gasteiger partial charge in [-0.25, -0.2) is 4.98 Å². The summed E-state index contributed by atoms with van der Waals surface area (Å²) < 4.78 is 18.3. The predicted molar refractivity (Wildman–Crippen MR) is 105 cm³/mol. The minimum Gasteiger partial charge on any atom is -0.493 e. The van der Waals surface area contributed by atoms with Gasteiger partial charge in [-0.15, -0.1) is 0 Å². The molecule has 0 unspecified atom stereocenters. The molecule has 0 amide bonds. The average Bonchev–Trinajstić information content (AvgIpc) is 3.25. The zero-order valence-corrected chi connectivity index (χ0v) is 17.1. The summed E-state index contributed by atoms with van der Waals surface area (Å²) >= 11 is 1.44. The van der Waals surface area contributed by atoms with Gasteiger partial charge in [0.2, 0.25) is 10.8 Å². The predicted octanol–water partition coefficient (Wildman–Crippen LogP) is 2.71. The van der Waals surface area contributed by atoms with E-state index < -0.39 is 0 Å². The fourth-order valence-corrected chi connectivity index (χ4v) is 4.94. The van der Waals surface area contributed by atoms with E-state index in [-0.39, 0.29) is 24.1 Å². The SMILES string of the molecule is COc1ccc([C@H](c2sc3ncnn3c2O)N2C[C@@H](C)O[C@@H](C)C2)cc1OC. The molecule has 2 aromatic heterocycles. The van der Waals surface area contributed by atoms with Gasteiger partial charge in [-0.2, -0.15) is 9.61 Å². The lowest BCUT2D eigenvalue weighted by atomic mass is 10.0. The monoisotopic (exact) mass is 404 g/mol. The van der Waals surface area contributed by atoms with Gasteiger partial charge < -0.3 is 19.3 Å². The summed E-state index contributed by atoms with van der Waals surface area (Å²) in [4.78, 5) is 8.01. The smallest absolute Gasteiger partial charge is 0.230 e. The zero-order chi connectivity index (χ0) is 19.8. The molecule has 3 heterocycles. The minimum absolute atomic E-state index is 0.0932. The van der Waals surface area contributed by atoms with Gasteiger partial charge in [-0.3, -0.25) is 4.90 Å². The van der Waals surface area contributed by atoms with E-state index >= 15 is 0 Å². The quantitative estimate of drug-likeness (QED) is 0.700. The van der Waals surface area contributed by atoms with Crippen molar-refractivity contribution in [3.8, 4) is 17.4 Å². The fraction of sp³-hybridized carbons (Fsp3) is 0.474. The van der Waals surface area contributed by atoms with E-state index in [4.69, 9.17) is 14.2 Å². The van der Waals surface area contributed by atoms with Crippen molar-refractivity contribution in [1.29, 1.82) is 0 Å². The Morgan fingerprint density at radius 2 is 1.89 bits per heavy atom. The lowest BCUT2D eigenvalue weighted by Gasteiger charge is -2.40. The molecule has 0 aliphatic carbocycles. The molecule has 1 aromatic carbocycles. The maximum Gasteiger partial charge on any atom is 0.230 e. The van der Waals surface area contributed by atoms with Crippen LogP contribution in [0.5, 0.6) is 17.4 Å². The Hall–Kier alpha value is -2.36. The maximum atomic E-state index is 10.9. The molecule has 9 heteroatoms. The molecule has 1 N–H and O–H groups in total. The van der Waals surface area contributed by atoms with Gasteiger partial charge in [-0.1, -0.05) is 17.4 Å². The number of morpholine rings is 1. The summed E-state index contributed by atoms with van der Waals surface area (Å²) in [7, 11) is 3.24. The van der Waals surface area contributed by atoms with E-state index in [1.165, 1.54) is 22.2 Å². The first-order valence-electron chi connectivity index (χ1n) is 9.14. The normalized spacial score (nSPS) is 21.7. The first-order chi connectivity index (χ1) is 13.5. The molecule has 3 atom stereocenters. The summed E-state index contributed by atoms with van der Waals surface area (Å²) in [6, 6.07) is 5.68. The van der Waals surface area contributed by atoms with Crippen LogP contribution in [0.1, 0.15) is 30.3 Å². The van der Waals surface area contributed by atoms with Crippen molar-refractivity contribution in [1.82, 2.24) is 19.5 Å². The Morgan fingerprint density at radius 3 is 2.54 bits per heavy atom. The topological polar surface area (TPSA) is 81.4 Å². The third-order valence-electron chi connectivity index (χ3n) is 4.92. The Kier molecular flexibility index (Phi) is 5.13. The first-order valence-corrected chi connectivity index (χ1v) is 9.96. The van der Waals surface area contributed by atoms with Gasteiger partial charge in [0.15, 0.2) is 11.5 Å². The lowest BCUT2D eigenvalue weighted by molar-refractivity contribution is -0.0764. The Morgan fingerprint density at radius 1 is 1.18 bits per heavy atom. The van der Waals surface area contributed by atoms with Crippen LogP contribution < -0.4 is 9.47 Å². The van der Waals surface area contributed by atoms with Crippen LogP contribution in [-0.2, 0) is 4.74 Å². The van der Waals surface area contributed by atoms with Crippen LogP contribution >= 0.6 is 11.3 Å². The van der Waals surface area contributed by atoms with E-state index in [0.29, 0.717) is 16.5 Å². The van der Waals surface area contributed by atoms with Crippen molar-refractivity contribution in [2.75, 3.05) is 27.3 Å². The molecular formula is C19H24N4O4S. The van der Waals surface area contributed by atoms with Crippen molar-refractivity contribution in [3.63, 3.8) is 0 Å². The van der Waals surface area contributed by atoms with Crippen LogP contribution in [0.25, 0.3) is 4.96 Å². The lowest BCUT2D eigenvalue weighted by Crippen LogP contribution is -2.47. The standard InChI is InChI=1S/C19H24N4O4S/c1-11-8-22(9-12(2)27-11)16(13-5-6-14(25-3)15(7-13)26-4)17-18(24)23-19(28-17)20-10-21-23/h5-7,10-12,16,24H,8-9H2,1-4H3/t11-,12+,16-/m1/s1. The van der Waals surface area contributed by atoms with Gasteiger partial charge in [0, 0.05) is 13.1 Å². The number of rotatable bonds is 5. The van der Waals surface area contributed by atoms with E-state index in [9.17, 15) is 5.11 Å². The third-order valence-corrected chi connectivity index (χ3v) is 6.01. The van der Waals surface area contributed by atoms with Crippen LogP contribution in [-0.4, -0.2) is 64.1 Å². The molecule has 1 aliphatic heterocycles. The molecule has 28 heavy (non-hydrogen) atoms. The summed E-state index contributed by atoms with van der Waals surface area (Å²) in [5.41, 5.74) is 0.999. The van der Waals surface area contributed by atoms with Crippen LogP contribution in [0, 0.1) is 0 Å². The number of fused-ring (bicyclic) bond motifs is 1. The van der Waals surface area contributed by atoms with Crippen molar-refractivity contribution in [3.05, 3.63) is 35.0 Å². The van der Waals surface area contributed by atoms with E-state index in [2.05, 4.69) is 28.8 Å². The molecule has 0 spiro atoms. The fourth-order valence-electron chi connectivity index (χ4n) is 3.85. The Balaban J connectivity index is 1.84. The maximum absolute atomic E-state index is 10.9. The number of nitrogens with zero attached hydrogens (tertiary/aromatic N) is 4. The highest BCUT2D eigenvalue weighted by molar-refractivity contribution is 7.17. The molecule has 4 rings (SSSR count). The number of hydrogen-bond acceptors (Lipinski definition) is 8. The van der Waals surface area contributed by atoms with Gasteiger partial charge in [0.05, 0.1) is 37.3 Å². The Bertz CT molecular complexity index is 962. The minimum atomic E-state index is -0.179. The first kappa shape index (κ1) is 19.0. The molecule has 0 radical (unpaired) electrons. The highest BCUT2D eigenvalue weighted by atomic mass is 32.1. The van der Waals surface area contributed by atoms with Crippen LogP contribution in [0.3, 0.4) is 0 Å². The largest absolute Gasteiger partial charge is 0.493 e. The second-order valence-electron chi connectivity index (χ2n) is 6.97. The van der Waals surface area contributed by atoms with Crippen LogP contribution in [0.4, 0.5) is 0 Å². The number of aromatic nitrogens is 3. The molecule has 3 aromatic rings. The number of ether oxygens (including phenoxy) is 3. The van der Waals surface area contributed by atoms with E-state index in [1.54, 1.807) is 14.2 Å². The molecule has 1 fully saturated rings. The van der Waals surface area contributed by atoms with Crippen molar-refractivity contribution in [2.24, 2.45) is 0 Å². The highest BCUT2D eigenvalue weighted by Crippen LogP contribution is 2.42. The third kappa shape index (κ3) is 3.30.